The number of ether oxygens (including phenoxy) is 1. The highest BCUT2D eigenvalue weighted by molar-refractivity contribution is 9.10. The zero-order valence-electron chi connectivity index (χ0n) is 19.4. The van der Waals surface area contributed by atoms with E-state index in [1.807, 2.05) is 62.1 Å². The zero-order valence-corrected chi connectivity index (χ0v) is 21.0. The number of amides is 1. The van der Waals surface area contributed by atoms with Crippen LogP contribution < -0.4 is 0 Å². The molecule has 1 aromatic heterocycles. The fourth-order valence-corrected chi connectivity index (χ4v) is 5.58. The Morgan fingerprint density at radius 3 is 2.53 bits per heavy atom. The van der Waals surface area contributed by atoms with Crippen LogP contribution in [-0.2, 0) is 4.74 Å². The lowest BCUT2D eigenvalue weighted by Crippen LogP contribution is -2.37. The molecule has 3 aliphatic rings. The molecule has 1 saturated carbocycles. The van der Waals surface area contributed by atoms with Crippen LogP contribution in [0.2, 0.25) is 0 Å². The van der Waals surface area contributed by atoms with Crippen molar-refractivity contribution in [1.29, 1.82) is 0 Å². The summed E-state index contributed by atoms with van der Waals surface area (Å²) in [4.78, 5) is 35.9. The SMILES string of the molecule is CC(C)(C)OC(=O)N1CC2(CC2)C[C@H]1c1ncc(-c2ccc3c(c2)C(=O)c2cc(Br)ccc2-3)[nH]1. The van der Waals surface area contributed by atoms with E-state index in [4.69, 9.17) is 4.74 Å². The molecule has 34 heavy (non-hydrogen) atoms. The maximum atomic E-state index is 13.0. The molecular weight excluding hydrogens is 494 g/mol. The van der Waals surface area contributed by atoms with Gasteiger partial charge in [-0.1, -0.05) is 34.1 Å². The van der Waals surface area contributed by atoms with Gasteiger partial charge in [0.25, 0.3) is 0 Å². The van der Waals surface area contributed by atoms with Gasteiger partial charge in [0.05, 0.1) is 17.9 Å². The highest BCUT2D eigenvalue weighted by Gasteiger charge is 2.55. The monoisotopic (exact) mass is 519 g/mol. The van der Waals surface area contributed by atoms with Crippen LogP contribution in [0.25, 0.3) is 22.4 Å². The molecule has 2 aromatic carbocycles. The molecule has 0 unspecified atom stereocenters. The molecule has 1 N–H and O–H groups in total. The number of benzene rings is 2. The molecule has 0 bridgehead atoms. The van der Waals surface area contributed by atoms with Crippen LogP contribution in [0, 0.1) is 5.41 Å². The van der Waals surface area contributed by atoms with E-state index < -0.39 is 5.60 Å². The highest BCUT2D eigenvalue weighted by atomic mass is 79.9. The van der Waals surface area contributed by atoms with E-state index in [0.29, 0.717) is 12.1 Å². The maximum Gasteiger partial charge on any atom is 0.410 e. The molecular formula is C27H26BrN3O3. The van der Waals surface area contributed by atoms with E-state index in [-0.39, 0.29) is 23.3 Å². The van der Waals surface area contributed by atoms with Gasteiger partial charge < -0.3 is 9.72 Å². The van der Waals surface area contributed by atoms with Gasteiger partial charge in [0.2, 0.25) is 0 Å². The largest absolute Gasteiger partial charge is 0.444 e. The lowest BCUT2D eigenvalue weighted by Gasteiger charge is -2.27. The number of aromatic amines is 1. The molecule has 174 valence electrons. The number of carbonyl (C=O) groups is 2. The van der Waals surface area contributed by atoms with Crippen molar-refractivity contribution in [3.8, 4) is 22.4 Å². The summed E-state index contributed by atoms with van der Waals surface area (Å²) in [5, 5.41) is 0. The Bertz CT molecular complexity index is 1350. The molecule has 0 radical (unpaired) electrons. The topological polar surface area (TPSA) is 75.3 Å². The smallest absolute Gasteiger partial charge is 0.410 e. The Labute approximate surface area is 206 Å². The number of halogens is 1. The number of rotatable bonds is 2. The third-order valence-corrected chi connectivity index (χ3v) is 7.59. The first-order valence-electron chi connectivity index (χ1n) is 11.7. The number of imidazole rings is 1. The van der Waals surface area contributed by atoms with E-state index >= 15 is 0 Å². The minimum Gasteiger partial charge on any atom is -0.444 e. The summed E-state index contributed by atoms with van der Waals surface area (Å²) < 4.78 is 6.59. The second-order valence-corrected chi connectivity index (χ2v) is 11.7. The van der Waals surface area contributed by atoms with Crippen molar-refractivity contribution in [2.45, 2.75) is 51.7 Å². The van der Waals surface area contributed by atoms with E-state index in [1.54, 1.807) is 6.20 Å². The van der Waals surface area contributed by atoms with Gasteiger partial charge in [-0.2, -0.15) is 0 Å². The number of likely N-dealkylation sites (tertiary alicyclic amines) is 1. The Balaban J connectivity index is 1.30. The van der Waals surface area contributed by atoms with Crippen molar-refractivity contribution in [3.05, 3.63) is 64.0 Å². The van der Waals surface area contributed by atoms with Gasteiger partial charge >= 0.3 is 6.09 Å². The van der Waals surface area contributed by atoms with Gasteiger partial charge in [-0.15, -0.1) is 0 Å². The van der Waals surface area contributed by atoms with Crippen molar-refractivity contribution in [2.24, 2.45) is 5.41 Å². The minimum absolute atomic E-state index is 0.0375. The van der Waals surface area contributed by atoms with E-state index in [9.17, 15) is 9.59 Å². The average Bonchev–Trinajstić information content (AvgIpc) is 3.10. The van der Waals surface area contributed by atoms with E-state index in [2.05, 4.69) is 25.9 Å². The van der Waals surface area contributed by atoms with Crippen molar-refractivity contribution < 1.29 is 14.3 Å². The van der Waals surface area contributed by atoms with E-state index in [0.717, 1.165) is 57.5 Å². The second-order valence-electron chi connectivity index (χ2n) is 10.8. The summed E-state index contributed by atoms with van der Waals surface area (Å²) >= 11 is 3.46. The number of nitrogens with zero attached hydrogens (tertiary/aromatic N) is 2. The third-order valence-electron chi connectivity index (χ3n) is 7.10. The minimum atomic E-state index is -0.542. The van der Waals surface area contributed by atoms with Crippen LogP contribution >= 0.6 is 15.9 Å². The predicted octanol–water partition coefficient (Wildman–Crippen LogP) is 6.51. The highest BCUT2D eigenvalue weighted by Crippen LogP contribution is 2.58. The first-order valence-corrected chi connectivity index (χ1v) is 12.5. The Morgan fingerprint density at radius 2 is 1.82 bits per heavy atom. The number of H-pyrrole nitrogens is 1. The van der Waals surface area contributed by atoms with Gasteiger partial charge in [-0.3, -0.25) is 9.69 Å². The Hall–Kier alpha value is -2.93. The number of aromatic nitrogens is 2. The molecule has 2 fully saturated rings. The van der Waals surface area contributed by atoms with Crippen molar-refractivity contribution in [1.82, 2.24) is 14.9 Å². The van der Waals surface area contributed by atoms with Crippen LogP contribution in [0.1, 0.15) is 67.8 Å². The summed E-state index contributed by atoms with van der Waals surface area (Å²) in [6.45, 7) is 6.38. The Kier molecular flexibility index (Phi) is 4.63. The molecule has 2 aliphatic carbocycles. The summed E-state index contributed by atoms with van der Waals surface area (Å²) in [5.74, 6) is 0.805. The van der Waals surface area contributed by atoms with Crippen LogP contribution in [0.3, 0.4) is 0 Å². The van der Waals surface area contributed by atoms with E-state index in [1.165, 1.54) is 0 Å². The summed E-state index contributed by atoms with van der Waals surface area (Å²) in [5.41, 5.74) is 4.75. The average molecular weight is 520 g/mol. The van der Waals surface area contributed by atoms with Crippen LogP contribution in [0.4, 0.5) is 4.79 Å². The molecule has 1 aliphatic heterocycles. The fourth-order valence-electron chi connectivity index (χ4n) is 5.22. The molecule has 6 rings (SSSR count). The first-order chi connectivity index (χ1) is 16.1. The van der Waals surface area contributed by atoms with Crippen LogP contribution in [-0.4, -0.2) is 38.9 Å². The molecule has 3 aromatic rings. The molecule has 6 nitrogen and oxygen atoms in total. The second kappa shape index (κ2) is 7.28. The van der Waals surface area contributed by atoms with Crippen LogP contribution in [0.5, 0.6) is 0 Å². The quantitative estimate of drug-likeness (QED) is 0.327. The fraction of sp³-hybridized carbons (Fsp3) is 0.370. The van der Waals surface area contributed by atoms with Gasteiger partial charge in [-0.25, -0.2) is 9.78 Å². The third kappa shape index (κ3) is 3.57. The van der Waals surface area contributed by atoms with Gasteiger partial charge in [-0.05, 0) is 74.8 Å². The molecule has 2 heterocycles. The van der Waals surface area contributed by atoms with Crippen molar-refractivity contribution >= 4 is 27.8 Å². The first kappa shape index (κ1) is 21.6. The molecule has 7 heteroatoms. The number of fused-ring (bicyclic) bond motifs is 3. The lowest BCUT2D eigenvalue weighted by atomic mass is 10.0. The summed E-state index contributed by atoms with van der Waals surface area (Å²) in [6.07, 6.45) is 4.68. The number of hydrogen-bond donors (Lipinski definition) is 1. The number of ketones is 1. The predicted molar refractivity (Wildman–Crippen MR) is 133 cm³/mol. The summed E-state index contributed by atoms with van der Waals surface area (Å²) in [6, 6.07) is 11.6. The van der Waals surface area contributed by atoms with Crippen LogP contribution in [0.15, 0.2) is 47.1 Å². The van der Waals surface area contributed by atoms with Gasteiger partial charge in [0, 0.05) is 27.7 Å². The van der Waals surface area contributed by atoms with Gasteiger partial charge in [0.1, 0.15) is 11.4 Å². The lowest BCUT2D eigenvalue weighted by molar-refractivity contribution is 0.0212. The van der Waals surface area contributed by atoms with Crippen molar-refractivity contribution in [3.63, 3.8) is 0 Å². The number of nitrogens with one attached hydrogen (secondary N) is 1. The normalized spacial score (nSPS) is 19.9. The number of hydrogen-bond acceptors (Lipinski definition) is 4. The van der Waals surface area contributed by atoms with Gasteiger partial charge in [0.15, 0.2) is 5.78 Å². The standard InChI is InChI=1S/C27H26BrN3O3/c1-26(2,3)34-25(33)31-14-27(8-9-27)12-22(31)24-29-13-21(30-24)15-4-6-17-18-7-5-16(28)11-20(18)23(32)19(17)10-15/h4-7,10-11,13,22H,8-9,12,14H2,1-3H3,(H,29,30)/t22-/m0/s1. The van der Waals surface area contributed by atoms with Crippen molar-refractivity contribution in [2.75, 3.05) is 6.54 Å². The molecule has 1 atom stereocenters. The molecule has 1 spiro atoms. The maximum absolute atomic E-state index is 13.0. The molecule has 1 amide bonds. The number of carbonyl (C=O) groups excluding carboxylic acids is 2. The Morgan fingerprint density at radius 1 is 1.12 bits per heavy atom. The summed E-state index contributed by atoms with van der Waals surface area (Å²) in [7, 11) is 0. The zero-order chi connectivity index (χ0) is 23.8. The molecule has 1 saturated heterocycles.